The molecule has 24 heavy (non-hydrogen) atoms. The van der Waals surface area contributed by atoms with Gasteiger partial charge < -0.3 is 10.8 Å². The van der Waals surface area contributed by atoms with Crippen molar-refractivity contribution in [2.45, 2.75) is 102 Å². The van der Waals surface area contributed by atoms with Crippen molar-refractivity contribution in [1.82, 2.24) is 0 Å². The number of carbonyl (C=O) groups is 1. The summed E-state index contributed by atoms with van der Waals surface area (Å²) in [6.07, 6.45) is 3.54. The Labute approximate surface area is 153 Å². The van der Waals surface area contributed by atoms with Crippen LogP contribution in [-0.4, -0.2) is 17.6 Å². The zero-order valence-electron chi connectivity index (χ0n) is 18.9. The molecule has 1 amide bonds. The maximum atomic E-state index is 9.22. The molecule has 0 aromatic heterocycles. The molecule has 0 atom stereocenters. The van der Waals surface area contributed by atoms with Gasteiger partial charge in [0, 0.05) is 13.5 Å². The zero-order chi connectivity index (χ0) is 20.6. The van der Waals surface area contributed by atoms with Gasteiger partial charge in [0.1, 0.15) is 0 Å². The highest BCUT2D eigenvalue weighted by molar-refractivity contribution is 5.70. The van der Waals surface area contributed by atoms with Crippen molar-refractivity contribution in [2.24, 2.45) is 28.4 Å². The summed E-state index contributed by atoms with van der Waals surface area (Å²) in [5.41, 5.74) is 5.47. The molecule has 3 N–H and O–H groups in total. The van der Waals surface area contributed by atoms with E-state index in [0.29, 0.717) is 23.4 Å². The molecular formula is C21H49NO2. The van der Waals surface area contributed by atoms with Crippen molar-refractivity contribution < 1.29 is 9.90 Å². The maximum Gasteiger partial charge on any atom is 0.214 e. The Morgan fingerprint density at radius 1 is 1.04 bits per heavy atom. The van der Waals surface area contributed by atoms with Gasteiger partial charge in [-0.2, -0.15) is 0 Å². The third-order valence-electron chi connectivity index (χ3n) is 4.16. The molecule has 3 nitrogen and oxygen atoms in total. The Bertz CT molecular complexity index is 265. The van der Waals surface area contributed by atoms with Crippen LogP contribution in [0.5, 0.6) is 0 Å². The van der Waals surface area contributed by atoms with Crippen molar-refractivity contribution in [2.75, 3.05) is 6.61 Å². The number of rotatable bonds is 6. The van der Waals surface area contributed by atoms with E-state index in [4.69, 9.17) is 5.11 Å². The maximum absolute atomic E-state index is 9.22. The fourth-order valence-corrected chi connectivity index (χ4v) is 1.82. The third-order valence-corrected chi connectivity index (χ3v) is 4.16. The first kappa shape index (κ1) is 31.2. The van der Waals surface area contributed by atoms with Gasteiger partial charge in [0.2, 0.25) is 5.91 Å². The lowest BCUT2D eigenvalue weighted by atomic mass is 9.68. The Morgan fingerprint density at radius 2 is 1.38 bits per heavy atom. The minimum absolute atomic E-state index is 0.331. The zero-order valence-corrected chi connectivity index (χ0v) is 18.9. The SMILES string of the molecule is CC.CC(C)CCO.CC(N)=O.CCC(C)(C)CC(C)(C)C(C)C. The molecule has 0 radical (unpaired) electrons. The van der Waals surface area contributed by atoms with Crippen molar-refractivity contribution in [3.63, 3.8) is 0 Å². The van der Waals surface area contributed by atoms with Gasteiger partial charge in [0.15, 0.2) is 0 Å². The summed E-state index contributed by atoms with van der Waals surface area (Å²) in [5.74, 6) is 1.10. The standard InChI is InChI=1S/C12H26.C5H12O.C2H5NO.C2H6/c1-8-11(4,5)9-12(6,7)10(2)3;1-5(2)3-4-6;1-2(3)4;1-2/h10H,8-9H2,1-7H3;5-6H,3-4H2,1-2H3;1H3,(H2,3,4);1-2H3. The van der Waals surface area contributed by atoms with Gasteiger partial charge in [-0.3, -0.25) is 4.79 Å². The van der Waals surface area contributed by atoms with Crippen molar-refractivity contribution >= 4 is 5.91 Å². The summed E-state index contributed by atoms with van der Waals surface area (Å²) < 4.78 is 0. The van der Waals surface area contributed by atoms with Crippen LogP contribution >= 0.6 is 0 Å². The van der Waals surface area contributed by atoms with E-state index in [-0.39, 0.29) is 5.91 Å². The van der Waals surface area contributed by atoms with Crippen LogP contribution in [0, 0.1) is 22.7 Å². The first-order chi connectivity index (χ1) is 10.7. The van der Waals surface area contributed by atoms with Crippen molar-refractivity contribution in [1.29, 1.82) is 0 Å². The summed E-state index contributed by atoms with van der Waals surface area (Å²) in [5, 5.41) is 8.24. The van der Waals surface area contributed by atoms with E-state index in [1.165, 1.54) is 19.8 Å². The number of aliphatic hydroxyl groups excluding tert-OH is 1. The summed E-state index contributed by atoms with van der Waals surface area (Å²) in [7, 11) is 0. The van der Waals surface area contributed by atoms with Crippen LogP contribution in [0.2, 0.25) is 0 Å². The number of nitrogens with two attached hydrogens (primary N) is 1. The number of aliphatic hydroxyl groups is 1. The molecule has 3 heteroatoms. The second kappa shape index (κ2) is 17.3. The molecule has 0 spiro atoms. The van der Waals surface area contributed by atoms with Gasteiger partial charge in [0.25, 0.3) is 0 Å². The molecule has 150 valence electrons. The number of hydrogen-bond donors (Lipinski definition) is 2. The second-order valence-corrected chi connectivity index (χ2v) is 8.35. The molecule has 0 rings (SSSR count). The van der Waals surface area contributed by atoms with Crippen LogP contribution in [-0.2, 0) is 4.79 Å². The summed E-state index contributed by atoms with van der Waals surface area (Å²) in [4.78, 5) is 9.22. The smallest absolute Gasteiger partial charge is 0.214 e. The second-order valence-electron chi connectivity index (χ2n) is 8.35. The van der Waals surface area contributed by atoms with Gasteiger partial charge in [-0.1, -0.05) is 82.6 Å². The van der Waals surface area contributed by atoms with Crippen molar-refractivity contribution in [3.8, 4) is 0 Å². The Balaban J connectivity index is -0.000000139. The van der Waals surface area contributed by atoms with E-state index in [1.807, 2.05) is 13.8 Å². The molecule has 0 aromatic carbocycles. The molecular weight excluding hydrogens is 298 g/mol. The van der Waals surface area contributed by atoms with Crippen LogP contribution in [0.4, 0.5) is 0 Å². The molecule has 0 aliphatic rings. The summed E-state index contributed by atoms with van der Waals surface area (Å²) in [6, 6.07) is 0. The van der Waals surface area contributed by atoms with Gasteiger partial charge >= 0.3 is 0 Å². The number of primary amides is 1. The molecule has 0 saturated carbocycles. The average Bonchev–Trinajstić information content (AvgIpc) is 2.39. The van der Waals surface area contributed by atoms with E-state index < -0.39 is 0 Å². The minimum Gasteiger partial charge on any atom is -0.396 e. The Hall–Kier alpha value is -0.570. The fraction of sp³-hybridized carbons (Fsp3) is 0.952. The lowest BCUT2D eigenvalue weighted by Gasteiger charge is -2.37. The predicted molar refractivity (Wildman–Crippen MR) is 110 cm³/mol. The normalized spacial score (nSPS) is 10.8. The van der Waals surface area contributed by atoms with E-state index in [9.17, 15) is 4.79 Å². The van der Waals surface area contributed by atoms with E-state index in [1.54, 1.807) is 0 Å². The molecule has 0 heterocycles. The van der Waals surface area contributed by atoms with E-state index in [2.05, 4.69) is 68.0 Å². The highest BCUT2D eigenvalue weighted by Gasteiger charge is 2.29. The third kappa shape index (κ3) is 29.4. The van der Waals surface area contributed by atoms with Crippen LogP contribution in [0.3, 0.4) is 0 Å². The lowest BCUT2D eigenvalue weighted by Crippen LogP contribution is -2.27. The number of amides is 1. The van der Waals surface area contributed by atoms with Crippen LogP contribution in [0.15, 0.2) is 0 Å². The summed E-state index contributed by atoms with van der Waals surface area (Å²) in [6.45, 7) is 26.3. The highest BCUT2D eigenvalue weighted by Crippen LogP contribution is 2.40. The van der Waals surface area contributed by atoms with Gasteiger partial charge in [-0.25, -0.2) is 0 Å². The number of carbonyl (C=O) groups excluding carboxylic acids is 1. The predicted octanol–water partition coefficient (Wildman–Crippen LogP) is 6.04. The minimum atomic E-state index is -0.333. The monoisotopic (exact) mass is 347 g/mol. The number of hydrogen-bond acceptors (Lipinski definition) is 2. The average molecular weight is 348 g/mol. The topological polar surface area (TPSA) is 63.3 Å². The van der Waals surface area contributed by atoms with Crippen molar-refractivity contribution in [3.05, 3.63) is 0 Å². The Morgan fingerprint density at radius 3 is 1.50 bits per heavy atom. The van der Waals surface area contributed by atoms with E-state index >= 15 is 0 Å². The highest BCUT2D eigenvalue weighted by atomic mass is 16.3. The van der Waals surface area contributed by atoms with Crippen LogP contribution in [0.1, 0.15) is 102 Å². The van der Waals surface area contributed by atoms with Gasteiger partial charge in [0.05, 0.1) is 0 Å². The molecule has 0 fully saturated rings. The fourth-order valence-electron chi connectivity index (χ4n) is 1.82. The molecule has 0 unspecified atom stereocenters. The van der Waals surface area contributed by atoms with Gasteiger partial charge in [-0.05, 0) is 35.5 Å². The quantitative estimate of drug-likeness (QED) is 0.615. The molecule has 0 aromatic rings. The lowest BCUT2D eigenvalue weighted by molar-refractivity contribution is -0.115. The van der Waals surface area contributed by atoms with Crippen LogP contribution < -0.4 is 5.73 Å². The molecule has 0 bridgehead atoms. The molecule has 0 aliphatic heterocycles. The molecule has 0 aliphatic carbocycles. The van der Waals surface area contributed by atoms with Crippen LogP contribution in [0.25, 0.3) is 0 Å². The summed E-state index contributed by atoms with van der Waals surface area (Å²) >= 11 is 0. The largest absolute Gasteiger partial charge is 0.396 e. The first-order valence-corrected chi connectivity index (χ1v) is 9.58. The van der Waals surface area contributed by atoms with E-state index in [0.717, 1.165) is 12.3 Å². The first-order valence-electron chi connectivity index (χ1n) is 9.58. The van der Waals surface area contributed by atoms with Gasteiger partial charge in [-0.15, -0.1) is 0 Å². The molecule has 0 saturated heterocycles. The Kier molecular flexibility index (Phi) is 22.5.